The quantitative estimate of drug-likeness (QED) is 0.651. The van der Waals surface area contributed by atoms with Crippen molar-refractivity contribution >= 4 is 0 Å². The van der Waals surface area contributed by atoms with Crippen molar-refractivity contribution in [1.29, 1.82) is 0 Å². The van der Waals surface area contributed by atoms with Crippen LogP contribution in [-0.4, -0.2) is 13.7 Å². The van der Waals surface area contributed by atoms with E-state index < -0.39 is 0 Å². The summed E-state index contributed by atoms with van der Waals surface area (Å²) in [6.45, 7) is 3.34. The largest absolute Gasteiger partial charge is 0.384 e. The zero-order valence-electron chi connectivity index (χ0n) is 9.01. The molecule has 1 heteroatoms. The lowest BCUT2D eigenvalue weighted by molar-refractivity contribution is 0.00363. The van der Waals surface area contributed by atoms with E-state index >= 15 is 0 Å². The molecule has 0 bridgehead atoms. The Morgan fingerprint density at radius 2 is 1.92 bits per heavy atom. The fraction of sp³-hybridized carbons (Fsp3) is 1.00. The Bertz CT molecular complexity index is 170. The molecule has 0 heterocycles. The van der Waals surface area contributed by atoms with E-state index in [-0.39, 0.29) is 0 Å². The van der Waals surface area contributed by atoms with Gasteiger partial charge in [-0.3, -0.25) is 0 Å². The number of hydrogen-bond acceptors (Lipinski definition) is 1. The van der Waals surface area contributed by atoms with E-state index in [1.807, 2.05) is 7.11 Å². The van der Waals surface area contributed by atoms with Gasteiger partial charge in [-0.25, -0.2) is 0 Å². The Morgan fingerprint density at radius 1 is 1.23 bits per heavy atom. The van der Waals surface area contributed by atoms with Crippen LogP contribution < -0.4 is 0 Å². The van der Waals surface area contributed by atoms with Crippen LogP contribution in [0.25, 0.3) is 0 Å². The lowest BCUT2D eigenvalue weighted by Crippen LogP contribution is -2.37. The molecule has 1 spiro atoms. The summed E-state index contributed by atoms with van der Waals surface area (Å²) in [5.41, 5.74) is 0.782. The third-order valence-electron chi connectivity index (χ3n) is 4.23. The Morgan fingerprint density at radius 3 is 2.46 bits per heavy atom. The maximum atomic E-state index is 5.20. The highest BCUT2D eigenvalue weighted by Gasteiger charge is 2.47. The number of rotatable bonds is 3. The predicted octanol–water partition coefficient (Wildman–Crippen LogP) is 3.24. The minimum atomic E-state index is 0.782. The maximum Gasteiger partial charge on any atom is 0.0490 e. The first kappa shape index (κ1) is 9.51. The Kier molecular flexibility index (Phi) is 2.64. The summed E-state index contributed by atoms with van der Waals surface area (Å²) in [5.74, 6) is 1.93. The topological polar surface area (TPSA) is 9.23 Å². The average molecular weight is 182 g/mol. The minimum Gasteiger partial charge on any atom is -0.384 e. The molecule has 2 fully saturated rings. The van der Waals surface area contributed by atoms with Gasteiger partial charge in [0.1, 0.15) is 0 Å². The van der Waals surface area contributed by atoms with Crippen LogP contribution in [0, 0.1) is 17.3 Å². The highest BCUT2D eigenvalue weighted by Crippen LogP contribution is 2.58. The van der Waals surface area contributed by atoms with E-state index in [0.717, 1.165) is 23.9 Å². The van der Waals surface area contributed by atoms with Crippen LogP contribution in [0.15, 0.2) is 0 Å². The van der Waals surface area contributed by atoms with Gasteiger partial charge in [0.2, 0.25) is 0 Å². The van der Waals surface area contributed by atoms with Crippen LogP contribution in [-0.2, 0) is 4.74 Å². The Hall–Kier alpha value is -0.0400. The van der Waals surface area contributed by atoms with Gasteiger partial charge in [-0.1, -0.05) is 13.3 Å². The molecule has 13 heavy (non-hydrogen) atoms. The van der Waals surface area contributed by atoms with Crippen LogP contribution in [0.1, 0.15) is 45.4 Å². The second-order valence-electron chi connectivity index (χ2n) is 5.25. The van der Waals surface area contributed by atoms with Crippen LogP contribution >= 0.6 is 0 Å². The van der Waals surface area contributed by atoms with Crippen molar-refractivity contribution in [2.24, 2.45) is 17.3 Å². The Labute approximate surface area is 81.9 Å². The predicted molar refractivity (Wildman–Crippen MR) is 54.7 cm³/mol. The molecule has 0 aliphatic heterocycles. The lowest BCUT2D eigenvalue weighted by Gasteiger charge is -2.45. The lowest BCUT2D eigenvalue weighted by atomic mass is 9.61. The van der Waals surface area contributed by atoms with Gasteiger partial charge in [-0.15, -0.1) is 0 Å². The highest BCUT2D eigenvalue weighted by atomic mass is 16.5. The molecule has 1 nitrogen and oxygen atoms in total. The van der Waals surface area contributed by atoms with Crippen molar-refractivity contribution in [2.45, 2.75) is 45.4 Å². The van der Waals surface area contributed by atoms with Crippen LogP contribution in [0.4, 0.5) is 0 Å². The summed E-state index contributed by atoms with van der Waals surface area (Å²) in [7, 11) is 1.83. The molecular weight excluding hydrogens is 160 g/mol. The zero-order chi connectivity index (χ0) is 9.31. The first-order chi connectivity index (χ1) is 6.28. The molecule has 2 saturated carbocycles. The molecule has 1 unspecified atom stereocenters. The number of hydrogen-bond donors (Lipinski definition) is 0. The molecule has 2 aliphatic rings. The first-order valence-electron chi connectivity index (χ1n) is 5.77. The zero-order valence-corrected chi connectivity index (χ0v) is 9.01. The van der Waals surface area contributed by atoms with E-state index in [4.69, 9.17) is 4.74 Å². The van der Waals surface area contributed by atoms with Gasteiger partial charge < -0.3 is 4.74 Å². The van der Waals surface area contributed by atoms with Crippen molar-refractivity contribution in [3.8, 4) is 0 Å². The Balaban J connectivity index is 1.78. The third-order valence-corrected chi connectivity index (χ3v) is 4.23. The van der Waals surface area contributed by atoms with Gasteiger partial charge in [0, 0.05) is 13.7 Å². The molecule has 0 amide bonds. The standard InChI is InChI=1S/C12H22O/c1-3-10-4-5-12(6-10)7-11(8-12)9-13-2/h10-11H,3-9H2,1-2H3. The molecule has 0 aromatic rings. The van der Waals surface area contributed by atoms with Crippen LogP contribution in [0.5, 0.6) is 0 Å². The minimum absolute atomic E-state index is 0.782. The first-order valence-corrected chi connectivity index (χ1v) is 5.77. The van der Waals surface area contributed by atoms with Gasteiger partial charge in [0.15, 0.2) is 0 Å². The molecule has 0 saturated heterocycles. The van der Waals surface area contributed by atoms with Crippen molar-refractivity contribution in [2.75, 3.05) is 13.7 Å². The maximum absolute atomic E-state index is 5.20. The van der Waals surface area contributed by atoms with Crippen molar-refractivity contribution < 1.29 is 4.74 Å². The summed E-state index contributed by atoms with van der Waals surface area (Å²) in [6.07, 6.45) is 8.83. The summed E-state index contributed by atoms with van der Waals surface area (Å²) in [4.78, 5) is 0. The molecule has 0 aromatic heterocycles. The molecule has 76 valence electrons. The van der Waals surface area contributed by atoms with Gasteiger partial charge in [0.25, 0.3) is 0 Å². The molecule has 0 radical (unpaired) electrons. The van der Waals surface area contributed by atoms with Crippen molar-refractivity contribution in [3.63, 3.8) is 0 Å². The third kappa shape index (κ3) is 1.76. The van der Waals surface area contributed by atoms with E-state index in [1.165, 1.54) is 38.5 Å². The second kappa shape index (κ2) is 3.61. The molecule has 0 aromatic carbocycles. The number of methoxy groups -OCH3 is 1. The fourth-order valence-electron chi connectivity index (χ4n) is 3.56. The normalized spacial score (nSPS) is 43.8. The SMILES string of the molecule is CCC1CCC2(C1)CC(COC)C2. The molecular formula is C12H22O. The smallest absolute Gasteiger partial charge is 0.0490 e. The molecule has 2 aliphatic carbocycles. The fourth-order valence-corrected chi connectivity index (χ4v) is 3.56. The van der Waals surface area contributed by atoms with Gasteiger partial charge in [-0.05, 0) is 49.4 Å². The monoisotopic (exact) mass is 182 g/mol. The second-order valence-corrected chi connectivity index (χ2v) is 5.25. The molecule has 0 N–H and O–H groups in total. The van der Waals surface area contributed by atoms with Crippen LogP contribution in [0.3, 0.4) is 0 Å². The van der Waals surface area contributed by atoms with E-state index in [2.05, 4.69) is 6.92 Å². The van der Waals surface area contributed by atoms with Crippen molar-refractivity contribution in [3.05, 3.63) is 0 Å². The van der Waals surface area contributed by atoms with Gasteiger partial charge in [0.05, 0.1) is 0 Å². The summed E-state index contributed by atoms with van der Waals surface area (Å²) in [5, 5.41) is 0. The van der Waals surface area contributed by atoms with E-state index in [9.17, 15) is 0 Å². The van der Waals surface area contributed by atoms with Gasteiger partial charge in [-0.2, -0.15) is 0 Å². The van der Waals surface area contributed by atoms with E-state index in [0.29, 0.717) is 0 Å². The van der Waals surface area contributed by atoms with Gasteiger partial charge >= 0.3 is 0 Å². The van der Waals surface area contributed by atoms with E-state index in [1.54, 1.807) is 0 Å². The van der Waals surface area contributed by atoms with Crippen LogP contribution in [0.2, 0.25) is 0 Å². The highest BCUT2D eigenvalue weighted by molar-refractivity contribution is 4.98. The van der Waals surface area contributed by atoms with Crippen molar-refractivity contribution in [1.82, 2.24) is 0 Å². The molecule has 2 rings (SSSR count). The number of ether oxygens (including phenoxy) is 1. The summed E-state index contributed by atoms with van der Waals surface area (Å²) in [6, 6.07) is 0. The molecule has 1 atom stereocenters. The average Bonchev–Trinajstić information content (AvgIpc) is 2.48. The summed E-state index contributed by atoms with van der Waals surface area (Å²) >= 11 is 0. The summed E-state index contributed by atoms with van der Waals surface area (Å²) < 4.78 is 5.20.